The van der Waals surface area contributed by atoms with E-state index < -0.39 is 0 Å². The van der Waals surface area contributed by atoms with Crippen LogP contribution in [0.25, 0.3) is 0 Å². The Hall–Kier alpha value is -1.26. The van der Waals surface area contributed by atoms with Gasteiger partial charge in [-0.3, -0.25) is 4.79 Å². The number of urea groups is 1. The Kier molecular flexibility index (Phi) is 5.05. The zero-order chi connectivity index (χ0) is 13.7. The van der Waals surface area contributed by atoms with Gasteiger partial charge in [-0.1, -0.05) is 32.1 Å². The molecule has 0 spiro atoms. The minimum absolute atomic E-state index is 0.0695. The molecule has 1 aliphatic heterocycles. The fourth-order valence-electron chi connectivity index (χ4n) is 3.18. The Morgan fingerprint density at radius 1 is 1.21 bits per heavy atom. The van der Waals surface area contributed by atoms with E-state index in [9.17, 15) is 9.59 Å². The number of hydrogen-bond acceptors (Lipinski definition) is 3. The summed E-state index contributed by atoms with van der Waals surface area (Å²) in [6, 6.07) is -0.205. The molecule has 2 N–H and O–H groups in total. The third kappa shape index (κ3) is 4.11. The normalized spacial score (nSPS) is 27.7. The van der Waals surface area contributed by atoms with Crippen molar-refractivity contribution in [1.82, 2.24) is 10.6 Å². The molecule has 0 aromatic heterocycles. The van der Waals surface area contributed by atoms with Gasteiger partial charge in [-0.25, -0.2) is 4.79 Å². The second kappa shape index (κ2) is 6.78. The molecule has 1 heterocycles. The molecule has 1 saturated heterocycles. The fraction of sp³-hybridized carbons (Fsp3) is 0.857. The average molecular weight is 268 g/mol. The Balaban J connectivity index is 1.85. The Bertz CT molecular complexity index is 327. The zero-order valence-electron chi connectivity index (χ0n) is 11.6. The van der Waals surface area contributed by atoms with Crippen LogP contribution in [0, 0.1) is 5.92 Å². The molecule has 19 heavy (non-hydrogen) atoms. The molecule has 0 bridgehead atoms. The van der Waals surface area contributed by atoms with Crippen LogP contribution in [0.4, 0.5) is 4.79 Å². The number of rotatable bonds is 5. The molecule has 2 rings (SSSR count). The molecule has 2 atom stereocenters. The monoisotopic (exact) mass is 268 g/mol. The number of amides is 2. The maximum Gasteiger partial charge on any atom is 0.315 e. The SMILES string of the molecule is CCOC(=O)C[C@@H]1NC(=O)N[C@H]1CC1CCCCC1. The summed E-state index contributed by atoms with van der Waals surface area (Å²) in [4.78, 5) is 23.0. The van der Waals surface area contributed by atoms with E-state index in [2.05, 4.69) is 10.6 Å². The van der Waals surface area contributed by atoms with E-state index in [-0.39, 0.29) is 30.5 Å². The number of carbonyl (C=O) groups is 2. The number of nitrogens with one attached hydrogen (secondary N) is 2. The highest BCUT2D eigenvalue weighted by Gasteiger charge is 2.35. The Labute approximate surface area is 114 Å². The van der Waals surface area contributed by atoms with Crippen molar-refractivity contribution in [3.05, 3.63) is 0 Å². The predicted molar refractivity (Wildman–Crippen MR) is 71.7 cm³/mol. The lowest BCUT2D eigenvalue weighted by Crippen LogP contribution is -2.37. The van der Waals surface area contributed by atoms with Crippen molar-refractivity contribution < 1.29 is 14.3 Å². The largest absolute Gasteiger partial charge is 0.466 e. The molecule has 2 amide bonds. The van der Waals surface area contributed by atoms with E-state index >= 15 is 0 Å². The summed E-state index contributed by atoms with van der Waals surface area (Å²) in [7, 11) is 0. The first-order valence-electron chi connectivity index (χ1n) is 7.41. The molecule has 0 aromatic carbocycles. The summed E-state index contributed by atoms with van der Waals surface area (Å²) in [5.41, 5.74) is 0. The lowest BCUT2D eigenvalue weighted by Gasteiger charge is -2.26. The van der Waals surface area contributed by atoms with Gasteiger partial charge in [0.05, 0.1) is 25.1 Å². The van der Waals surface area contributed by atoms with Crippen molar-refractivity contribution in [2.45, 2.75) is 64.0 Å². The smallest absolute Gasteiger partial charge is 0.315 e. The molecule has 2 fully saturated rings. The maximum atomic E-state index is 11.5. The first kappa shape index (κ1) is 14.2. The van der Waals surface area contributed by atoms with Crippen LogP contribution in [0.2, 0.25) is 0 Å². The molecule has 1 saturated carbocycles. The average Bonchev–Trinajstić information content (AvgIpc) is 2.71. The van der Waals surface area contributed by atoms with E-state index in [1.54, 1.807) is 6.92 Å². The van der Waals surface area contributed by atoms with Crippen LogP contribution in [-0.2, 0) is 9.53 Å². The third-order valence-corrected chi connectivity index (χ3v) is 4.12. The van der Waals surface area contributed by atoms with Crippen molar-refractivity contribution in [1.29, 1.82) is 0 Å². The summed E-state index contributed by atoms with van der Waals surface area (Å²) in [5, 5.41) is 5.77. The molecular weight excluding hydrogens is 244 g/mol. The molecule has 108 valence electrons. The van der Waals surface area contributed by atoms with Crippen LogP contribution in [0.15, 0.2) is 0 Å². The van der Waals surface area contributed by atoms with Crippen LogP contribution in [0.5, 0.6) is 0 Å². The number of hydrogen-bond donors (Lipinski definition) is 2. The van der Waals surface area contributed by atoms with Gasteiger partial charge < -0.3 is 15.4 Å². The topological polar surface area (TPSA) is 67.4 Å². The summed E-state index contributed by atoms with van der Waals surface area (Å²) in [6.45, 7) is 2.18. The molecule has 5 heteroatoms. The van der Waals surface area contributed by atoms with E-state index in [1.165, 1.54) is 32.1 Å². The van der Waals surface area contributed by atoms with Gasteiger partial charge in [-0.15, -0.1) is 0 Å². The van der Waals surface area contributed by atoms with Gasteiger partial charge in [-0.2, -0.15) is 0 Å². The second-order valence-corrected chi connectivity index (χ2v) is 5.58. The van der Waals surface area contributed by atoms with Crippen molar-refractivity contribution >= 4 is 12.0 Å². The predicted octanol–water partition coefficient (Wildman–Crippen LogP) is 1.96. The quantitative estimate of drug-likeness (QED) is 0.749. The molecule has 0 radical (unpaired) electrons. The molecular formula is C14H24N2O3. The van der Waals surface area contributed by atoms with Crippen LogP contribution in [-0.4, -0.2) is 30.7 Å². The summed E-state index contributed by atoms with van der Waals surface area (Å²) < 4.78 is 4.96. The van der Waals surface area contributed by atoms with Crippen LogP contribution in [0.3, 0.4) is 0 Å². The number of carbonyl (C=O) groups excluding carboxylic acids is 2. The molecule has 5 nitrogen and oxygen atoms in total. The third-order valence-electron chi connectivity index (χ3n) is 4.12. The lowest BCUT2D eigenvalue weighted by atomic mass is 9.83. The summed E-state index contributed by atoms with van der Waals surface area (Å²) in [5.74, 6) is 0.453. The van der Waals surface area contributed by atoms with E-state index in [0.717, 1.165) is 6.42 Å². The maximum absolute atomic E-state index is 11.5. The Morgan fingerprint density at radius 2 is 1.89 bits per heavy atom. The number of esters is 1. The molecule has 2 aliphatic rings. The van der Waals surface area contributed by atoms with Gasteiger partial charge in [0, 0.05) is 0 Å². The van der Waals surface area contributed by atoms with Crippen LogP contribution >= 0.6 is 0 Å². The van der Waals surface area contributed by atoms with Gasteiger partial charge >= 0.3 is 12.0 Å². The molecule has 0 aromatic rings. The van der Waals surface area contributed by atoms with Crippen molar-refractivity contribution in [2.24, 2.45) is 5.92 Å². The highest BCUT2D eigenvalue weighted by molar-refractivity contribution is 5.79. The van der Waals surface area contributed by atoms with Crippen LogP contribution in [0.1, 0.15) is 51.9 Å². The first-order chi connectivity index (χ1) is 9.19. The number of ether oxygens (including phenoxy) is 1. The standard InChI is InChI=1S/C14H24N2O3/c1-2-19-13(17)9-12-11(15-14(18)16-12)8-10-6-4-3-5-7-10/h10-12H,2-9H2,1H3,(H2,15,16,18)/t11-,12-/m0/s1. The summed E-state index contributed by atoms with van der Waals surface area (Å²) >= 11 is 0. The van der Waals surface area contributed by atoms with Gasteiger partial charge in [0.2, 0.25) is 0 Å². The van der Waals surface area contributed by atoms with Crippen LogP contribution < -0.4 is 10.6 Å². The summed E-state index contributed by atoms with van der Waals surface area (Å²) in [6.07, 6.45) is 7.66. The zero-order valence-corrected chi connectivity index (χ0v) is 11.6. The van der Waals surface area contributed by atoms with E-state index in [4.69, 9.17) is 4.74 Å². The van der Waals surface area contributed by atoms with Crippen molar-refractivity contribution in [3.63, 3.8) is 0 Å². The Morgan fingerprint density at radius 3 is 2.58 bits per heavy atom. The van der Waals surface area contributed by atoms with Gasteiger partial charge in [0.15, 0.2) is 0 Å². The van der Waals surface area contributed by atoms with Gasteiger partial charge in [0.25, 0.3) is 0 Å². The highest BCUT2D eigenvalue weighted by atomic mass is 16.5. The fourth-order valence-corrected chi connectivity index (χ4v) is 3.18. The van der Waals surface area contributed by atoms with E-state index in [1.807, 2.05) is 0 Å². The highest BCUT2D eigenvalue weighted by Crippen LogP contribution is 2.29. The molecule has 1 aliphatic carbocycles. The first-order valence-corrected chi connectivity index (χ1v) is 7.41. The molecule has 0 unspecified atom stereocenters. The van der Waals surface area contributed by atoms with E-state index in [0.29, 0.717) is 12.5 Å². The minimum atomic E-state index is -0.231. The van der Waals surface area contributed by atoms with Crippen molar-refractivity contribution in [3.8, 4) is 0 Å². The van der Waals surface area contributed by atoms with Crippen molar-refractivity contribution in [2.75, 3.05) is 6.61 Å². The van der Waals surface area contributed by atoms with Gasteiger partial charge in [-0.05, 0) is 19.3 Å². The minimum Gasteiger partial charge on any atom is -0.466 e. The lowest BCUT2D eigenvalue weighted by molar-refractivity contribution is -0.143. The van der Waals surface area contributed by atoms with Gasteiger partial charge in [0.1, 0.15) is 0 Å². The second-order valence-electron chi connectivity index (χ2n) is 5.58.